The summed E-state index contributed by atoms with van der Waals surface area (Å²) >= 11 is 0. The molecule has 0 saturated carbocycles. The van der Waals surface area contributed by atoms with Gasteiger partial charge in [0.2, 0.25) is 0 Å². The van der Waals surface area contributed by atoms with Crippen LogP contribution in [-0.2, 0) is 14.3 Å². The molecule has 0 atom stereocenters. The number of alkyl halides is 3. The van der Waals surface area contributed by atoms with E-state index in [2.05, 4.69) is 20.7 Å². The first-order valence-electron chi connectivity index (χ1n) is 7.79. The normalized spacial score (nSPS) is 20.9. The molecular weight excluding hydrogens is 341 g/mol. The number of carbonyl (C=O) groups excluding carboxylic acids is 2. The Hall–Kier alpha value is -2.36. The molecule has 1 amide bonds. The molecule has 0 aromatic carbocycles. The molecule has 0 aliphatic carbocycles. The van der Waals surface area contributed by atoms with Crippen molar-refractivity contribution in [1.82, 2.24) is 16.0 Å². The number of hydrogen-bond acceptors (Lipinski definition) is 6. The Morgan fingerprint density at radius 1 is 1.32 bits per heavy atom. The molecule has 0 spiro atoms. The predicted molar refractivity (Wildman–Crippen MR) is 82.4 cm³/mol. The van der Waals surface area contributed by atoms with Gasteiger partial charge in [0, 0.05) is 23.9 Å². The van der Waals surface area contributed by atoms with E-state index >= 15 is 0 Å². The molecule has 1 saturated heterocycles. The second-order valence-corrected chi connectivity index (χ2v) is 5.67. The molecule has 0 aromatic rings. The summed E-state index contributed by atoms with van der Waals surface area (Å²) in [7, 11) is 0. The van der Waals surface area contributed by atoms with Crippen LogP contribution in [0.5, 0.6) is 0 Å². The quantitative estimate of drug-likeness (QED) is 0.332. The SMILES string of the molecule is N=C/C(C(=O)OCCC(F)(F)F)=C1/NC(=O)C=C(C2CCNCC2)N1. The maximum absolute atomic E-state index is 12.1. The highest BCUT2D eigenvalue weighted by molar-refractivity contribution is 6.10. The zero-order valence-electron chi connectivity index (χ0n) is 13.3. The predicted octanol–water partition coefficient (Wildman–Crippen LogP) is 0.946. The van der Waals surface area contributed by atoms with Gasteiger partial charge in [-0.1, -0.05) is 0 Å². The fourth-order valence-corrected chi connectivity index (χ4v) is 2.57. The van der Waals surface area contributed by atoms with E-state index in [9.17, 15) is 22.8 Å². The Balaban J connectivity index is 2.09. The number of allylic oxidation sites excluding steroid dienone is 1. The average Bonchev–Trinajstić information content (AvgIpc) is 2.54. The Morgan fingerprint density at radius 3 is 2.60 bits per heavy atom. The highest BCUT2D eigenvalue weighted by Crippen LogP contribution is 2.23. The number of rotatable bonds is 5. The second kappa shape index (κ2) is 8.15. The number of nitrogens with one attached hydrogen (secondary N) is 4. The topological polar surface area (TPSA) is 103 Å². The zero-order valence-corrected chi connectivity index (χ0v) is 13.3. The Kier molecular flexibility index (Phi) is 6.18. The molecule has 2 rings (SSSR count). The minimum absolute atomic E-state index is 0.0481. The summed E-state index contributed by atoms with van der Waals surface area (Å²) in [6, 6.07) is 0. The molecule has 4 N–H and O–H groups in total. The number of hydrogen-bond donors (Lipinski definition) is 4. The van der Waals surface area contributed by atoms with Gasteiger partial charge in [-0.3, -0.25) is 4.79 Å². The van der Waals surface area contributed by atoms with Gasteiger partial charge in [-0.15, -0.1) is 0 Å². The Labute approximate surface area is 142 Å². The molecule has 0 aromatic heterocycles. The van der Waals surface area contributed by atoms with E-state index in [4.69, 9.17) is 5.41 Å². The lowest BCUT2D eigenvalue weighted by atomic mass is 9.93. The van der Waals surface area contributed by atoms with E-state index < -0.39 is 31.1 Å². The maximum Gasteiger partial charge on any atom is 0.392 e. The van der Waals surface area contributed by atoms with Crippen molar-refractivity contribution >= 4 is 18.1 Å². The lowest BCUT2D eigenvalue weighted by Gasteiger charge is -2.29. The second-order valence-electron chi connectivity index (χ2n) is 5.67. The highest BCUT2D eigenvalue weighted by atomic mass is 19.4. The first-order valence-corrected chi connectivity index (χ1v) is 7.79. The van der Waals surface area contributed by atoms with Gasteiger partial charge in [-0.25, -0.2) is 4.79 Å². The minimum Gasteiger partial charge on any atom is -0.462 e. The number of carbonyl (C=O) groups is 2. The van der Waals surface area contributed by atoms with Gasteiger partial charge >= 0.3 is 12.1 Å². The number of amides is 1. The van der Waals surface area contributed by atoms with Crippen LogP contribution < -0.4 is 16.0 Å². The average molecular weight is 360 g/mol. The summed E-state index contributed by atoms with van der Waals surface area (Å²) in [6.45, 7) is 0.737. The summed E-state index contributed by atoms with van der Waals surface area (Å²) in [6.07, 6.45) is -2.09. The minimum atomic E-state index is -4.44. The molecule has 10 heteroatoms. The van der Waals surface area contributed by atoms with Crippen molar-refractivity contribution in [2.24, 2.45) is 5.92 Å². The van der Waals surface area contributed by atoms with Gasteiger partial charge in [0.05, 0.1) is 6.42 Å². The van der Waals surface area contributed by atoms with Crippen LogP contribution in [0.25, 0.3) is 0 Å². The van der Waals surface area contributed by atoms with Crippen LogP contribution in [-0.4, -0.2) is 44.0 Å². The Bertz CT molecular complexity index is 608. The summed E-state index contributed by atoms with van der Waals surface area (Å²) in [4.78, 5) is 23.8. The zero-order chi connectivity index (χ0) is 18.4. The van der Waals surface area contributed by atoms with E-state index in [1.54, 1.807) is 0 Å². The van der Waals surface area contributed by atoms with Crippen molar-refractivity contribution in [1.29, 1.82) is 5.41 Å². The lowest BCUT2D eigenvalue weighted by molar-refractivity contribution is -0.155. The Morgan fingerprint density at radius 2 is 2.00 bits per heavy atom. The first kappa shape index (κ1) is 19.0. The van der Waals surface area contributed by atoms with Gasteiger partial charge in [0.25, 0.3) is 5.91 Å². The molecule has 0 unspecified atom stereocenters. The summed E-state index contributed by atoms with van der Waals surface area (Å²) in [5.74, 6) is -1.53. The van der Waals surface area contributed by atoms with Crippen LogP contribution in [0, 0.1) is 11.3 Å². The fourth-order valence-electron chi connectivity index (χ4n) is 2.57. The van der Waals surface area contributed by atoms with Crippen molar-refractivity contribution in [3.8, 4) is 0 Å². The molecule has 2 aliphatic heterocycles. The number of esters is 1. The van der Waals surface area contributed by atoms with E-state index in [1.807, 2.05) is 0 Å². The van der Waals surface area contributed by atoms with Crippen LogP contribution in [0.2, 0.25) is 0 Å². The molecule has 2 aliphatic rings. The molecule has 25 heavy (non-hydrogen) atoms. The van der Waals surface area contributed by atoms with Gasteiger partial charge < -0.3 is 26.1 Å². The van der Waals surface area contributed by atoms with Crippen molar-refractivity contribution < 1.29 is 27.5 Å². The van der Waals surface area contributed by atoms with E-state index in [0.29, 0.717) is 11.9 Å². The summed E-state index contributed by atoms with van der Waals surface area (Å²) < 4.78 is 40.9. The monoisotopic (exact) mass is 360 g/mol. The van der Waals surface area contributed by atoms with Crippen LogP contribution in [0.15, 0.2) is 23.2 Å². The molecule has 1 fully saturated rings. The van der Waals surface area contributed by atoms with Crippen LogP contribution in [0.3, 0.4) is 0 Å². The molecule has 7 nitrogen and oxygen atoms in total. The molecule has 0 bridgehead atoms. The smallest absolute Gasteiger partial charge is 0.392 e. The molecular formula is C15H19F3N4O3. The first-order chi connectivity index (χ1) is 11.8. The van der Waals surface area contributed by atoms with E-state index in [-0.39, 0.29) is 17.3 Å². The van der Waals surface area contributed by atoms with E-state index in [1.165, 1.54) is 6.08 Å². The number of piperidine rings is 1. The van der Waals surface area contributed by atoms with Gasteiger partial charge in [-0.05, 0) is 25.9 Å². The highest BCUT2D eigenvalue weighted by Gasteiger charge is 2.29. The van der Waals surface area contributed by atoms with Crippen molar-refractivity contribution in [3.63, 3.8) is 0 Å². The summed E-state index contributed by atoms with van der Waals surface area (Å²) in [5.41, 5.74) is 0.276. The number of ether oxygens (including phenoxy) is 1. The van der Waals surface area contributed by atoms with Gasteiger partial charge in [-0.2, -0.15) is 13.2 Å². The maximum atomic E-state index is 12.1. The third kappa shape index (κ3) is 5.59. The van der Waals surface area contributed by atoms with Crippen molar-refractivity contribution in [2.45, 2.75) is 25.4 Å². The molecule has 2 heterocycles. The lowest BCUT2D eigenvalue weighted by Crippen LogP contribution is -2.42. The molecule has 138 valence electrons. The van der Waals surface area contributed by atoms with Crippen LogP contribution in [0.4, 0.5) is 13.2 Å². The van der Waals surface area contributed by atoms with Gasteiger partial charge in [0.15, 0.2) is 0 Å². The van der Waals surface area contributed by atoms with Crippen LogP contribution >= 0.6 is 0 Å². The fraction of sp³-hybridized carbons (Fsp3) is 0.533. The standard InChI is InChI=1S/C15H19F3N4O3/c16-15(17,18)3-6-25-14(24)10(8-19)13-21-11(7-12(23)22-13)9-1-4-20-5-2-9/h7-9,19-21H,1-6H2,(H,22,23)/b13-10-,19-8?. The van der Waals surface area contributed by atoms with Crippen molar-refractivity contribution in [2.75, 3.05) is 19.7 Å². The third-order valence-electron chi connectivity index (χ3n) is 3.84. The number of halogens is 3. The largest absolute Gasteiger partial charge is 0.462 e. The van der Waals surface area contributed by atoms with Crippen molar-refractivity contribution in [3.05, 3.63) is 23.2 Å². The third-order valence-corrected chi connectivity index (χ3v) is 3.84. The van der Waals surface area contributed by atoms with Gasteiger partial charge in [0.1, 0.15) is 18.0 Å². The molecule has 0 radical (unpaired) electrons. The van der Waals surface area contributed by atoms with E-state index in [0.717, 1.165) is 25.9 Å². The van der Waals surface area contributed by atoms with Crippen LogP contribution in [0.1, 0.15) is 19.3 Å². The summed E-state index contributed by atoms with van der Waals surface area (Å²) in [5, 5.41) is 15.8.